The number of hydrogen-bond acceptors (Lipinski definition) is 3. The average Bonchev–Trinajstić information content (AvgIpc) is 3.41. The molecule has 1 aromatic rings. The van der Waals surface area contributed by atoms with E-state index in [4.69, 9.17) is 0 Å². The molecule has 3 aliphatic rings. The molecule has 5 heteroatoms. The number of hydrogen-bond donors (Lipinski definition) is 1. The van der Waals surface area contributed by atoms with E-state index >= 15 is 0 Å². The summed E-state index contributed by atoms with van der Waals surface area (Å²) in [6.45, 7) is 3.76. The third-order valence-electron chi connectivity index (χ3n) is 5.66. The van der Waals surface area contributed by atoms with Crippen molar-refractivity contribution in [2.45, 2.75) is 44.6 Å². The van der Waals surface area contributed by atoms with Crippen molar-refractivity contribution >= 4 is 5.91 Å². The molecule has 2 atom stereocenters. The Balaban J connectivity index is 1.57. The summed E-state index contributed by atoms with van der Waals surface area (Å²) in [5, 5.41) is 7.44. The fourth-order valence-corrected chi connectivity index (χ4v) is 4.04. The predicted octanol–water partition coefficient (Wildman–Crippen LogP) is 2.01. The number of nitrogens with one attached hydrogen (secondary N) is 1. The van der Waals surface area contributed by atoms with E-state index in [1.807, 2.05) is 6.92 Å². The van der Waals surface area contributed by atoms with E-state index in [-0.39, 0.29) is 5.91 Å². The monoisotopic (exact) mass is 302 g/mol. The molecule has 2 heterocycles. The Bertz CT molecular complexity index is 575. The molecule has 0 unspecified atom stereocenters. The number of aromatic amines is 1. The molecule has 0 radical (unpaired) electrons. The van der Waals surface area contributed by atoms with Crippen molar-refractivity contribution in [1.82, 2.24) is 20.0 Å². The van der Waals surface area contributed by atoms with Gasteiger partial charge in [0.25, 0.3) is 5.91 Å². The van der Waals surface area contributed by atoms with Crippen LogP contribution in [0.15, 0.2) is 0 Å². The van der Waals surface area contributed by atoms with Crippen molar-refractivity contribution in [2.24, 2.45) is 11.8 Å². The van der Waals surface area contributed by atoms with Crippen LogP contribution >= 0.6 is 0 Å². The second-order valence-electron chi connectivity index (χ2n) is 7.63. The van der Waals surface area contributed by atoms with Gasteiger partial charge in [0.2, 0.25) is 0 Å². The zero-order chi connectivity index (χ0) is 15.4. The first-order valence-corrected chi connectivity index (χ1v) is 8.56. The molecular weight excluding hydrogens is 276 g/mol. The largest absolute Gasteiger partial charge is 0.337 e. The predicted molar refractivity (Wildman–Crippen MR) is 84.9 cm³/mol. The summed E-state index contributed by atoms with van der Waals surface area (Å²) < 4.78 is 0. The number of likely N-dealkylation sites (tertiary alicyclic amines) is 1. The molecule has 2 aliphatic carbocycles. The van der Waals surface area contributed by atoms with Gasteiger partial charge in [-0.2, -0.15) is 5.10 Å². The minimum Gasteiger partial charge on any atom is -0.337 e. The Labute approximate surface area is 132 Å². The Hall–Kier alpha value is -1.36. The van der Waals surface area contributed by atoms with Gasteiger partial charge in [0.1, 0.15) is 0 Å². The lowest BCUT2D eigenvalue weighted by molar-refractivity contribution is 0.0778. The van der Waals surface area contributed by atoms with Crippen molar-refractivity contribution in [3.8, 4) is 0 Å². The first kappa shape index (κ1) is 14.2. The van der Waals surface area contributed by atoms with Gasteiger partial charge in [-0.25, -0.2) is 0 Å². The molecule has 2 saturated carbocycles. The highest BCUT2D eigenvalue weighted by atomic mass is 16.2. The molecule has 1 aromatic heterocycles. The SMILES string of the molecule is Cc1[nH]nc(C2CC2)c1C(=O)N1C[C@@H](N(C)C)[C@H](C2CC2)C1. The van der Waals surface area contributed by atoms with Crippen molar-refractivity contribution in [1.29, 1.82) is 0 Å². The van der Waals surface area contributed by atoms with Gasteiger partial charge in [-0.05, 0) is 58.5 Å². The van der Waals surface area contributed by atoms with Gasteiger partial charge in [-0.3, -0.25) is 9.89 Å². The fourth-order valence-electron chi connectivity index (χ4n) is 4.04. The highest BCUT2D eigenvalue weighted by molar-refractivity contribution is 5.97. The molecule has 120 valence electrons. The Morgan fingerprint density at radius 2 is 1.95 bits per heavy atom. The van der Waals surface area contributed by atoms with Gasteiger partial charge in [0.05, 0.1) is 11.3 Å². The molecule has 1 saturated heterocycles. The van der Waals surface area contributed by atoms with E-state index in [1.54, 1.807) is 0 Å². The van der Waals surface area contributed by atoms with Crippen LogP contribution in [0, 0.1) is 18.8 Å². The van der Waals surface area contributed by atoms with Crippen LogP contribution in [-0.4, -0.2) is 59.1 Å². The maximum Gasteiger partial charge on any atom is 0.257 e. The topological polar surface area (TPSA) is 52.2 Å². The minimum atomic E-state index is 0.197. The number of amides is 1. The lowest BCUT2D eigenvalue weighted by atomic mass is 9.97. The highest BCUT2D eigenvalue weighted by Gasteiger charge is 2.45. The maximum atomic E-state index is 13.1. The van der Waals surface area contributed by atoms with E-state index in [9.17, 15) is 4.79 Å². The lowest BCUT2D eigenvalue weighted by Gasteiger charge is -2.24. The third kappa shape index (κ3) is 2.35. The van der Waals surface area contributed by atoms with Gasteiger partial charge >= 0.3 is 0 Å². The molecule has 3 fully saturated rings. The Morgan fingerprint density at radius 3 is 2.55 bits per heavy atom. The summed E-state index contributed by atoms with van der Waals surface area (Å²) in [6, 6.07) is 0.507. The summed E-state index contributed by atoms with van der Waals surface area (Å²) in [5.74, 6) is 2.19. The van der Waals surface area contributed by atoms with Crippen LogP contribution in [0.4, 0.5) is 0 Å². The first-order chi connectivity index (χ1) is 10.6. The van der Waals surface area contributed by atoms with Crippen LogP contribution in [0.25, 0.3) is 0 Å². The average molecular weight is 302 g/mol. The second kappa shape index (κ2) is 5.08. The van der Waals surface area contributed by atoms with Crippen LogP contribution < -0.4 is 0 Å². The Kier molecular flexibility index (Phi) is 3.29. The molecule has 1 amide bonds. The fraction of sp³-hybridized carbons (Fsp3) is 0.765. The quantitative estimate of drug-likeness (QED) is 0.925. The van der Waals surface area contributed by atoms with Gasteiger partial charge in [0.15, 0.2) is 0 Å². The number of aromatic nitrogens is 2. The van der Waals surface area contributed by atoms with Crippen LogP contribution in [0.5, 0.6) is 0 Å². The van der Waals surface area contributed by atoms with E-state index in [1.165, 1.54) is 25.7 Å². The molecule has 0 aromatic carbocycles. The number of aryl methyl sites for hydroxylation is 1. The van der Waals surface area contributed by atoms with Gasteiger partial charge in [0, 0.05) is 30.7 Å². The summed E-state index contributed by atoms with van der Waals surface area (Å²) in [4.78, 5) is 17.5. The van der Waals surface area contributed by atoms with Gasteiger partial charge in [-0.15, -0.1) is 0 Å². The van der Waals surface area contributed by atoms with Crippen molar-refractivity contribution in [2.75, 3.05) is 27.2 Å². The highest BCUT2D eigenvalue weighted by Crippen LogP contribution is 2.44. The molecular formula is C17H26N4O. The minimum absolute atomic E-state index is 0.197. The number of rotatable bonds is 4. The van der Waals surface area contributed by atoms with Crippen LogP contribution in [-0.2, 0) is 0 Å². The van der Waals surface area contributed by atoms with Gasteiger partial charge in [-0.1, -0.05) is 0 Å². The third-order valence-corrected chi connectivity index (χ3v) is 5.66. The molecule has 22 heavy (non-hydrogen) atoms. The maximum absolute atomic E-state index is 13.1. The molecule has 1 N–H and O–H groups in total. The van der Waals surface area contributed by atoms with Crippen LogP contribution in [0.2, 0.25) is 0 Å². The summed E-state index contributed by atoms with van der Waals surface area (Å²) in [7, 11) is 4.29. The van der Waals surface area contributed by atoms with Crippen molar-refractivity contribution < 1.29 is 4.79 Å². The molecule has 0 bridgehead atoms. The number of carbonyl (C=O) groups excluding carboxylic acids is 1. The summed E-state index contributed by atoms with van der Waals surface area (Å²) in [6.07, 6.45) is 5.04. The molecule has 0 spiro atoms. The van der Waals surface area contributed by atoms with E-state index in [2.05, 4.69) is 34.1 Å². The number of nitrogens with zero attached hydrogens (tertiary/aromatic N) is 3. The van der Waals surface area contributed by atoms with Crippen LogP contribution in [0.3, 0.4) is 0 Å². The molecule has 4 rings (SSSR count). The second-order valence-corrected chi connectivity index (χ2v) is 7.63. The standard InChI is InChI=1S/C17H26N4O/c1-10-15(16(19-18-10)12-6-7-12)17(22)21-8-13(11-4-5-11)14(9-21)20(2)3/h11-14H,4-9H2,1-3H3,(H,18,19)/t13-,14+/m0/s1. The summed E-state index contributed by atoms with van der Waals surface area (Å²) in [5.41, 5.74) is 2.80. The van der Waals surface area contributed by atoms with E-state index < -0.39 is 0 Å². The molecule has 5 nitrogen and oxygen atoms in total. The van der Waals surface area contributed by atoms with Crippen molar-refractivity contribution in [3.05, 3.63) is 17.0 Å². The Morgan fingerprint density at radius 1 is 1.23 bits per heavy atom. The lowest BCUT2D eigenvalue weighted by Crippen LogP contribution is -2.37. The van der Waals surface area contributed by atoms with Gasteiger partial charge < -0.3 is 9.80 Å². The van der Waals surface area contributed by atoms with Crippen LogP contribution in [0.1, 0.15) is 53.3 Å². The number of H-pyrrole nitrogens is 1. The number of carbonyl (C=O) groups is 1. The zero-order valence-electron chi connectivity index (χ0n) is 13.8. The smallest absolute Gasteiger partial charge is 0.257 e. The number of likely N-dealkylation sites (N-methyl/N-ethyl adjacent to an activating group) is 1. The normalized spacial score (nSPS) is 28.6. The van der Waals surface area contributed by atoms with E-state index in [0.717, 1.165) is 36.0 Å². The zero-order valence-corrected chi connectivity index (χ0v) is 13.8. The summed E-state index contributed by atoms with van der Waals surface area (Å²) >= 11 is 0. The first-order valence-electron chi connectivity index (χ1n) is 8.56. The van der Waals surface area contributed by atoms with E-state index in [0.29, 0.717) is 17.9 Å². The molecule has 1 aliphatic heterocycles. The van der Waals surface area contributed by atoms with Crippen molar-refractivity contribution in [3.63, 3.8) is 0 Å².